The molecule has 0 aliphatic heterocycles. The van der Waals surface area contributed by atoms with Crippen LogP contribution in [0, 0.1) is 5.92 Å². The van der Waals surface area contributed by atoms with Crippen molar-refractivity contribution in [2.75, 3.05) is 18.4 Å². The molecule has 0 atom stereocenters. The van der Waals surface area contributed by atoms with Crippen molar-refractivity contribution in [2.45, 2.75) is 31.8 Å². The van der Waals surface area contributed by atoms with Gasteiger partial charge < -0.3 is 15.7 Å². The van der Waals surface area contributed by atoms with Crippen molar-refractivity contribution in [2.24, 2.45) is 5.92 Å². The predicted octanol–water partition coefficient (Wildman–Crippen LogP) is 3.07. The first-order chi connectivity index (χ1) is 10.1. The van der Waals surface area contributed by atoms with E-state index < -0.39 is 0 Å². The minimum absolute atomic E-state index is 0.146. The number of aliphatic hydroxyl groups is 1. The number of carbonyl (C=O) groups excluding carboxylic acids is 1. The minimum atomic E-state index is -0.166. The summed E-state index contributed by atoms with van der Waals surface area (Å²) in [7, 11) is 0. The Labute approximate surface area is 134 Å². The van der Waals surface area contributed by atoms with Gasteiger partial charge in [0, 0.05) is 0 Å². The summed E-state index contributed by atoms with van der Waals surface area (Å²) in [6, 6.07) is 5.10. The topological polar surface area (TPSA) is 61.4 Å². The van der Waals surface area contributed by atoms with Gasteiger partial charge in [0.25, 0.3) is 0 Å². The van der Waals surface area contributed by atoms with Crippen molar-refractivity contribution in [3.05, 3.63) is 28.2 Å². The van der Waals surface area contributed by atoms with Gasteiger partial charge in [-0.3, -0.25) is 4.79 Å². The molecule has 0 radical (unpaired) electrons. The summed E-state index contributed by atoms with van der Waals surface area (Å²) >= 11 is 12.0. The zero-order valence-electron chi connectivity index (χ0n) is 11.7. The van der Waals surface area contributed by atoms with Crippen LogP contribution in [0.3, 0.4) is 0 Å². The second-order valence-corrected chi connectivity index (χ2v) is 6.26. The van der Waals surface area contributed by atoms with Crippen molar-refractivity contribution >= 4 is 34.8 Å². The zero-order valence-corrected chi connectivity index (χ0v) is 13.3. The fourth-order valence-corrected chi connectivity index (χ4v) is 3.03. The van der Waals surface area contributed by atoms with E-state index in [0.29, 0.717) is 21.7 Å². The number of nitrogens with one attached hydrogen (secondary N) is 2. The monoisotopic (exact) mass is 330 g/mol. The van der Waals surface area contributed by atoms with E-state index in [0.717, 1.165) is 32.2 Å². The highest BCUT2D eigenvalue weighted by Crippen LogP contribution is 2.29. The zero-order chi connectivity index (χ0) is 15.2. The Morgan fingerprint density at radius 3 is 2.43 bits per heavy atom. The highest BCUT2D eigenvalue weighted by atomic mass is 35.5. The van der Waals surface area contributed by atoms with Crippen LogP contribution in [-0.4, -0.2) is 30.2 Å². The predicted molar refractivity (Wildman–Crippen MR) is 85.9 cm³/mol. The number of aliphatic hydroxyl groups excluding tert-OH is 1. The summed E-state index contributed by atoms with van der Waals surface area (Å²) in [5.74, 6) is 0.367. The lowest BCUT2D eigenvalue weighted by atomic mass is 9.87. The summed E-state index contributed by atoms with van der Waals surface area (Å²) in [5.41, 5.74) is 0.452. The Morgan fingerprint density at radius 1 is 1.19 bits per heavy atom. The van der Waals surface area contributed by atoms with Gasteiger partial charge in [0.2, 0.25) is 5.91 Å². The molecule has 0 heterocycles. The highest BCUT2D eigenvalue weighted by molar-refractivity contribution is 6.39. The Kier molecular flexibility index (Phi) is 6.30. The first-order valence-corrected chi connectivity index (χ1v) is 7.94. The number of anilines is 1. The molecule has 1 aliphatic rings. The third kappa shape index (κ3) is 5.15. The van der Waals surface area contributed by atoms with Crippen molar-refractivity contribution in [1.29, 1.82) is 0 Å². The number of para-hydroxylation sites is 1. The number of rotatable bonds is 5. The number of hydrogen-bond donors (Lipinski definition) is 3. The van der Waals surface area contributed by atoms with Crippen LogP contribution in [0.4, 0.5) is 5.69 Å². The molecule has 3 N–H and O–H groups in total. The lowest BCUT2D eigenvalue weighted by Crippen LogP contribution is -2.33. The summed E-state index contributed by atoms with van der Waals surface area (Å²) in [6.07, 6.45) is 3.58. The molecule has 0 spiro atoms. The van der Waals surface area contributed by atoms with Gasteiger partial charge in [-0.2, -0.15) is 0 Å². The van der Waals surface area contributed by atoms with Gasteiger partial charge in [-0.1, -0.05) is 29.3 Å². The van der Waals surface area contributed by atoms with E-state index in [9.17, 15) is 9.90 Å². The standard InChI is InChI=1S/C15H20Cl2N2O2/c16-12-2-1-3-13(17)15(12)19-14(21)9-18-8-10-4-6-11(20)7-5-10/h1-3,10-11,18,20H,4-9H2,(H,19,21). The van der Waals surface area contributed by atoms with Gasteiger partial charge >= 0.3 is 0 Å². The lowest BCUT2D eigenvalue weighted by molar-refractivity contribution is -0.115. The first kappa shape index (κ1) is 16.6. The van der Waals surface area contributed by atoms with Crippen LogP contribution in [-0.2, 0) is 4.79 Å². The van der Waals surface area contributed by atoms with E-state index in [-0.39, 0.29) is 18.6 Å². The molecule has 0 bridgehead atoms. The van der Waals surface area contributed by atoms with Gasteiger partial charge in [-0.05, 0) is 50.3 Å². The van der Waals surface area contributed by atoms with E-state index in [1.807, 2.05) is 0 Å². The number of carbonyl (C=O) groups is 1. The minimum Gasteiger partial charge on any atom is -0.393 e. The van der Waals surface area contributed by atoms with Gasteiger partial charge in [-0.25, -0.2) is 0 Å². The molecule has 1 aliphatic carbocycles. The summed E-state index contributed by atoms with van der Waals surface area (Å²) < 4.78 is 0. The molecule has 21 heavy (non-hydrogen) atoms. The van der Waals surface area contributed by atoms with Crippen LogP contribution in [0.2, 0.25) is 10.0 Å². The summed E-state index contributed by atoms with van der Waals surface area (Å²) in [5, 5.41) is 16.2. The molecule has 0 aromatic heterocycles. The van der Waals surface area contributed by atoms with Crippen LogP contribution >= 0.6 is 23.2 Å². The summed E-state index contributed by atoms with van der Waals surface area (Å²) in [4.78, 5) is 11.9. The van der Waals surface area contributed by atoms with Crippen molar-refractivity contribution < 1.29 is 9.90 Å². The highest BCUT2D eigenvalue weighted by Gasteiger charge is 2.19. The van der Waals surface area contributed by atoms with E-state index in [2.05, 4.69) is 10.6 Å². The molecule has 0 unspecified atom stereocenters. The number of halogens is 2. The van der Waals surface area contributed by atoms with Crippen LogP contribution in [0.25, 0.3) is 0 Å². The average Bonchev–Trinajstić information content (AvgIpc) is 2.45. The smallest absolute Gasteiger partial charge is 0.238 e. The lowest BCUT2D eigenvalue weighted by Gasteiger charge is -2.25. The third-order valence-electron chi connectivity index (χ3n) is 3.76. The molecule has 4 nitrogen and oxygen atoms in total. The van der Waals surface area contributed by atoms with E-state index in [1.54, 1.807) is 18.2 Å². The normalized spacial score (nSPS) is 22.0. The Morgan fingerprint density at radius 2 is 1.81 bits per heavy atom. The van der Waals surface area contributed by atoms with Gasteiger partial charge in [0.1, 0.15) is 0 Å². The molecule has 6 heteroatoms. The summed E-state index contributed by atoms with van der Waals surface area (Å²) in [6.45, 7) is 1.01. The fraction of sp³-hybridized carbons (Fsp3) is 0.533. The molecule has 1 saturated carbocycles. The van der Waals surface area contributed by atoms with Crippen LogP contribution in [0.15, 0.2) is 18.2 Å². The van der Waals surface area contributed by atoms with Crippen LogP contribution in [0.5, 0.6) is 0 Å². The van der Waals surface area contributed by atoms with Crippen molar-refractivity contribution in [1.82, 2.24) is 5.32 Å². The molecule has 1 aromatic rings. The Bertz CT molecular complexity index is 468. The van der Waals surface area contributed by atoms with Crippen molar-refractivity contribution in [3.8, 4) is 0 Å². The van der Waals surface area contributed by atoms with E-state index in [4.69, 9.17) is 23.2 Å². The van der Waals surface area contributed by atoms with Crippen LogP contribution in [0.1, 0.15) is 25.7 Å². The molecular formula is C15H20Cl2N2O2. The molecule has 1 aromatic carbocycles. The number of benzene rings is 1. The van der Waals surface area contributed by atoms with Crippen LogP contribution < -0.4 is 10.6 Å². The molecular weight excluding hydrogens is 311 g/mol. The average molecular weight is 331 g/mol. The van der Waals surface area contributed by atoms with E-state index in [1.165, 1.54) is 0 Å². The van der Waals surface area contributed by atoms with Crippen molar-refractivity contribution in [3.63, 3.8) is 0 Å². The van der Waals surface area contributed by atoms with Gasteiger partial charge in [0.15, 0.2) is 0 Å². The molecule has 2 rings (SSSR count). The van der Waals surface area contributed by atoms with Gasteiger partial charge in [0.05, 0.1) is 28.4 Å². The number of hydrogen-bond acceptors (Lipinski definition) is 3. The maximum absolute atomic E-state index is 11.9. The maximum atomic E-state index is 11.9. The first-order valence-electron chi connectivity index (χ1n) is 7.19. The molecule has 0 saturated heterocycles. The SMILES string of the molecule is O=C(CNCC1CCC(O)CC1)Nc1c(Cl)cccc1Cl. The number of amides is 1. The Hall–Kier alpha value is -0.810. The maximum Gasteiger partial charge on any atom is 0.238 e. The van der Waals surface area contributed by atoms with E-state index >= 15 is 0 Å². The third-order valence-corrected chi connectivity index (χ3v) is 4.39. The molecule has 116 valence electrons. The molecule has 1 fully saturated rings. The largest absolute Gasteiger partial charge is 0.393 e. The van der Waals surface area contributed by atoms with Gasteiger partial charge in [-0.15, -0.1) is 0 Å². The fourth-order valence-electron chi connectivity index (χ4n) is 2.54. The second kappa shape index (κ2) is 7.99. The quantitative estimate of drug-likeness (QED) is 0.777. The molecule has 1 amide bonds. The second-order valence-electron chi connectivity index (χ2n) is 5.45. The Balaban J connectivity index is 1.73.